The fraction of sp³-hybridized carbons (Fsp3) is 0.417. The van der Waals surface area contributed by atoms with E-state index in [4.69, 9.17) is 27.9 Å². The van der Waals surface area contributed by atoms with Gasteiger partial charge in [-0.25, -0.2) is 0 Å². The molecule has 5 heteroatoms. The lowest BCUT2D eigenvalue weighted by molar-refractivity contribution is -0.125. The summed E-state index contributed by atoms with van der Waals surface area (Å²) in [5.41, 5.74) is 0.216. The summed E-state index contributed by atoms with van der Waals surface area (Å²) in [7, 11) is 0. The van der Waals surface area contributed by atoms with Crippen molar-refractivity contribution in [1.82, 2.24) is 0 Å². The minimum absolute atomic E-state index is 0.00632. The van der Waals surface area contributed by atoms with Gasteiger partial charge in [0.05, 0.1) is 5.60 Å². The normalized spacial score (nSPS) is 11.4. The Morgan fingerprint density at radius 2 is 1.76 bits per heavy atom. The van der Waals surface area contributed by atoms with Crippen LogP contribution in [0.25, 0.3) is 0 Å². The third-order valence-electron chi connectivity index (χ3n) is 1.78. The minimum Gasteiger partial charge on any atom is -0.366 e. The number of amides is 1. The predicted octanol–water partition coefficient (Wildman–Crippen LogP) is 3.75. The zero-order valence-electron chi connectivity index (χ0n) is 10.0. The van der Waals surface area contributed by atoms with Gasteiger partial charge < -0.3 is 10.1 Å². The number of benzene rings is 1. The van der Waals surface area contributed by atoms with Gasteiger partial charge in [0, 0.05) is 15.7 Å². The standard InChI is InChI=1S/C12H15Cl2NO2/c1-12(2,3)17-7-11(16)15-10-5-8(13)4-9(14)6-10/h4-6H,7H2,1-3H3,(H,15,16). The van der Waals surface area contributed by atoms with Crippen LogP contribution in [0.1, 0.15) is 20.8 Å². The molecular weight excluding hydrogens is 261 g/mol. The van der Waals surface area contributed by atoms with Gasteiger partial charge in [0.25, 0.3) is 0 Å². The van der Waals surface area contributed by atoms with Crippen molar-refractivity contribution in [2.45, 2.75) is 26.4 Å². The predicted molar refractivity (Wildman–Crippen MR) is 70.8 cm³/mol. The molecule has 0 aliphatic carbocycles. The summed E-state index contributed by atoms with van der Waals surface area (Å²) < 4.78 is 5.35. The molecule has 0 aliphatic heterocycles. The van der Waals surface area contributed by atoms with Crippen molar-refractivity contribution in [2.75, 3.05) is 11.9 Å². The molecule has 3 nitrogen and oxygen atoms in total. The van der Waals surface area contributed by atoms with Gasteiger partial charge in [-0.2, -0.15) is 0 Å². The summed E-state index contributed by atoms with van der Waals surface area (Å²) in [5, 5.41) is 3.62. The van der Waals surface area contributed by atoms with E-state index < -0.39 is 0 Å². The van der Waals surface area contributed by atoms with E-state index in [0.717, 1.165) is 0 Å². The largest absolute Gasteiger partial charge is 0.366 e. The van der Waals surface area contributed by atoms with E-state index in [1.54, 1.807) is 18.2 Å². The highest BCUT2D eigenvalue weighted by atomic mass is 35.5. The molecular formula is C12H15Cl2NO2. The zero-order valence-corrected chi connectivity index (χ0v) is 11.5. The van der Waals surface area contributed by atoms with Crippen LogP contribution in [0.4, 0.5) is 5.69 Å². The molecule has 0 aliphatic rings. The summed E-state index contributed by atoms with van der Waals surface area (Å²) in [6.45, 7) is 5.65. The third-order valence-corrected chi connectivity index (χ3v) is 2.22. The van der Waals surface area contributed by atoms with E-state index >= 15 is 0 Å². The quantitative estimate of drug-likeness (QED) is 0.913. The van der Waals surface area contributed by atoms with Crippen LogP contribution in [-0.2, 0) is 9.53 Å². The Kier molecular flexibility index (Phi) is 4.80. The average molecular weight is 276 g/mol. The topological polar surface area (TPSA) is 38.3 Å². The van der Waals surface area contributed by atoms with Gasteiger partial charge >= 0.3 is 0 Å². The summed E-state index contributed by atoms with van der Waals surface area (Å²) in [4.78, 5) is 11.6. The number of anilines is 1. The molecule has 17 heavy (non-hydrogen) atoms. The molecule has 1 amide bonds. The van der Waals surface area contributed by atoms with Crippen LogP contribution in [0.15, 0.2) is 18.2 Å². The first-order chi connectivity index (χ1) is 7.76. The van der Waals surface area contributed by atoms with E-state index in [1.807, 2.05) is 20.8 Å². The van der Waals surface area contributed by atoms with E-state index in [1.165, 1.54) is 0 Å². The van der Waals surface area contributed by atoms with Crippen LogP contribution in [0.5, 0.6) is 0 Å². The van der Waals surface area contributed by atoms with Gasteiger partial charge in [-0.1, -0.05) is 23.2 Å². The number of carbonyl (C=O) groups is 1. The highest BCUT2D eigenvalue weighted by Gasteiger charge is 2.13. The molecule has 0 spiro atoms. The summed E-state index contributed by atoms with van der Waals surface area (Å²) in [6, 6.07) is 4.86. The molecule has 1 aromatic carbocycles. The average Bonchev–Trinajstić information content (AvgIpc) is 2.11. The van der Waals surface area contributed by atoms with Crippen molar-refractivity contribution in [3.8, 4) is 0 Å². The SMILES string of the molecule is CC(C)(C)OCC(=O)Nc1cc(Cl)cc(Cl)c1. The van der Waals surface area contributed by atoms with Crippen LogP contribution in [0, 0.1) is 0 Å². The Hall–Kier alpha value is -0.770. The first-order valence-electron chi connectivity index (χ1n) is 5.16. The molecule has 0 fully saturated rings. The molecule has 1 rings (SSSR count). The maximum absolute atomic E-state index is 11.6. The van der Waals surface area contributed by atoms with Crippen LogP contribution in [-0.4, -0.2) is 18.1 Å². The number of hydrogen-bond donors (Lipinski definition) is 1. The third kappa shape index (κ3) is 5.91. The monoisotopic (exact) mass is 275 g/mol. The molecule has 94 valence electrons. The molecule has 1 aromatic rings. The molecule has 0 bridgehead atoms. The van der Waals surface area contributed by atoms with E-state index in [0.29, 0.717) is 15.7 Å². The van der Waals surface area contributed by atoms with Gasteiger partial charge in [-0.3, -0.25) is 4.79 Å². The Bertz CT molecular complexity index is 393. The smallest absolute Gasteiger partial charge is 0.250 e. The summed E-state index contributed by atoms with van der Waals surface area (Å²) in [6.07, 6.45) is 0. The van der Waals surface area contributed by atoms with Crippen molar-refractivity contribution >= 4 is 34.8 Å². The first-order valence-corrected chi connectivity index (χ1v) is 5.92. The maximum Gasteiger partial charge on any atom is 0.250 e. The number of nitrogens with one attached hydrogen (secondary N) is 1. The fourth-order valence-electron chi connectivity index (χ4n) is 1.11. The Morgan fingerprint density at radius 3 is 2.24 bits per heavy atom. The van der Waals surface area contributed by atoms with E-state index in [2.05, 4.69) is 5.32 Å². The Morgan fingerprint density at radius 1 is 1.24 bits per heavy atom. The fourth-order valence-corrected chi connectivity index (χ4v) is 1.63. The second kappa shape index (κ2) is 5.71. The van der Waals surface area contributed by atoms with Crippen LogP contribution in [0.3, 0.4) is 0 Å². The molecule has 0 unspecified atom stereocenters. The van der Waals surface area contributed by atoms with Crippen molar-refractivity contribution in [1.29, 1.82) is 0 Å². The highest BCUT2D eigenvalue weighted by molar-refractivity contribution is 6.35. The molecule has 0 saturated carbocycles. The highest BCUT2D eigenvalue weighted by Crippen LogP contribution is 2.22. The lowest BCUT2D eigenvalue weighted by atomic mass is 10.2. The Labute approximate surface area is 111 Å². The number of rotatable bonds is 3. The van der Waals surface area contributed by atoms with Gasteiger partial charge in [0.1, 0.15) is 6.61 Å². The molecule has 0 saturated heterocycles. The Balaban J connectivity index is 2.56. The van der Waals surface area contributed by atoms with Crippen molar-refractivity contribution in [3.05, 3.63) is 28.2 Å². The van der Waals surface area contributed by atoms with Gasteiger partial charge in [0.2, 0.25) is 5.91 Å². The lowest BCUT2D eigenvalue weighted by Crippen LogP contribution is -2.27. The van der Waals surface area contributed by atoms with Crippen LogP contribution in [0.2, 0.25) is 10.0 Å². The second-order valence-electron chi connectivity index (χ2n) is 4.61. The number of hydrogen-bond acceptors (Lipinski definition) is 2. The molecule has 0 aromatic heterocycles. The maximum atomic E-state index is 11.6. The van der Waals surface area contributed by atoms with Gasteiger partial charge in [0.15, 0.2) is 0 Å². The zero-order chi connectivity index (χ0) is 13.1. The van der Waals surface area contributed by atoms with Crippen LogP contribution < -0.4 is 5.32 Å². The van der Waals surface area contributed by atoms with Crippen LogP contribution >= 0.6 is 23.2 Å². The molecule has 0 atom stereocenters. The molecule has 0 heterocycles. The van der Waals surface area contributed by atoms with Crippen molar-refractivity contribution in [3.63, 3.8) is 0 Å². The first kappa shape index (κ1) is 14.3. The van der Waals surface area contributed by atoms with Crippen molar-refractivity contribution < 1.29 is 9.53 Å². The van der Waals surface area contributed by atoms with E-state index in [9.17, 15) is 4.79 Å². The molecule has 0 radical (unpaired) electrons. The van der Waals surface area contributed by atoms with Gasteiger partial charge in [-0.05, 0) is 39.0 Å². The summed E-state index contributed by atoms with van der Waals surface area (Å²) >= 11 is 11.6. The minimum atomic E-state index is -0.344. The molecule has 1 N–H and O–H groups in total. The number of ether oxygens (including phenoxy) is 1. The number of halogens is 2. The van der Waals surface area contributed by atoms with Gasteiger partial charge in [-0.15, -0.1) is 0 Å². The summed E-state index contributed by atoms with van der Waals surface area (Å²) in [5.74, 6) is -0.238. The second-order valence-corrected chi connectivity index (χ2v) is 5.48. The van der Waals surface area contributed by atoms with Crippen molar-refractivity contribution in [2.24, 2.45) is 0 Å². The number of carbonyl (C=O) groups excluding carboxylic acids is 1. The van der Waals surface area contributed by atoms with E-state index in [-0.39, 0.29) is 18.1 Å². The lowest BCUT2D eigenvalue weighted by Gasteiger charge is -2.19.